The molecule has 1 aromatic rings. The Morgan fingerprint density at radius 2 is 2.30 bits per heavy atom. The number of ether oxygens (including phenoxy) is 2. The minimum absolute atomic E-state index is 0.0480. The highest BCUT2D eigenvalue weighted by atomic mass is 16.5. The van der Waals surface area contributed by atoms with E-state index < -0.39 is 0 Å². The molecule has 141 valence electrons. The van der Waals surface area contributed by atoms with E-state index in [-0.39, 0.29) is 18.1 Å². The quantitative estimate of drug-likeness (QED) is 0.610. The van der Waals surface area contributed by atoms with Crippen molar-refractivity contribution in [3.8, 4) is 11.5 Å². The van der Waals surface area contributed by atoms with Gasteiger partial charge in [-0.3, -0.25) is 9.59 Å². The fraction of sp³-hybridized carbons (Fsp3) is 0.579. The fourth-order valence-electron chi connectivity index (χ4n) is 4.08. The molecular weight excluding hydrogens is 347 g/mol. The van der Waals surface area contributed by atoms with Crippen molar-refractivity contribution in [2.24, 2.45) is 0 Å². The van der Waals surface area contributed by atoms with Crippen molar-refractivity contribution in [1.82, 2.24) is 10.2 Å². The minimum Gasteiger partial charge on any atom is -0.562 e. The summed E-state index contributed by atoms with van der Waals surface area (Å²) in [6.45, 7) is 3.28. The lowest BCUT2D eigenvalue weighted by atomic mass is 9.84. The van der Waals surface area contributed by atoms with Gasteiger partial charge >= 0.3 is 7.48 Å². The molecule has 1 N–H and O–H groups in total. The van der Waals surface area contributed by atoms with Gasteiger partial charge in [0.1, 0.15) is 17.6 Å². The lowest BCUT2D eigenvalue weighted by molar-refractivity contribution is -0.143. The maximum absolute atomic E-state index is 12.3. The molecule has 1 aromatic carbocycles. The Balaban J connectivity index is 1.19. The Morgan fingerprint density at radius 3 is 3.07 bits per heavy atom. The van der Waals surface area contributed by atoms with Crippen molar-refractivity contribution in [2.75, 3.05) is 32.8 Å². The van der Waals surface area contributed by atoms with Gasteiger partial charge in [0.15, 0.2) is 6.29 Å². The van der Waals surface area contributed by atoms with Crippen LogP contribution in [0, 0.1) is 0 Å². The van der Waals surface area contributed by atoms with Crippen LogP contribution >= 0.6 is 0 Å². The molecule has 8 heteroatoms. The number of nitrogens with zero attached hydrogens (tertiary/aromatic N) is 1. The molecule has 4 aliphatic rings. The van der Waals surface area contributed by atoms with Gasteiger partial charge in [-0.2, -0.15) is 0 Å². The van der Waals surface area contributed by atoms with E-state index in [0.29, 0.717) is 54.9 Å². The van der Waals surface area contributed by atoms with Gasteiger partial charge < -0.3 is 24.3 Å². The van der Waals surface area contributed by atoms with Crippen LogP contribution < -0.4 is 14.7 Å². The Labute approximate surface area is 158 Å². The number of amides is 1. The number of likely N-dealkylation sites (tertiary alicyclic amines) is 1. The van der Waals surface area contributed by atoms with E-state index in [2.05, 4.69) is 5.32 Å². The summed E-state index contributed by atoms with van der Waals surface area (Å²) in [5, 5.41) is 3.23. The molecule has 3 aliphatic heterocycles. The molecule has 27 heavy (non-hydrogen) atoms. The van der Waals surface area contributed by atoms with Crippen molar-refractivity contribution < 1.29 is 23.7 Å². The van der Waals surface area contributed by atoms with E-state index in [1.54, 1.807) is 4.90 Å². The molecule has 0 bridgehead atoms. The van der Waals surface area contributed by atoms with Crippen molar-refractivity contribution in [3.63, 3.8) is 0 Å². The monoisotopic (exact) mass is 369 g/mol. The number of carbonyl (C=O) groups is 2. The highest BCUT2D eigenvalue weighted by molar-refractivity contribution is 6.34. The van der Waals surface area contributed by atoms with Gasteiger partial charge in [-0.05, 0) is 29.8 Å². The molecule has 1 amide bonds. The molecule has 0 aromatic heterocycles. The Hall–Kier alpha value is -2.06. The van der Waals surface area contributed by atoms with E-state index in [1.807, 2.05) is 19.6 Å². The van der Waals surface area contributed by atoms with Gasteiger partial charge in [-0.1, -0.05) is 6.07 Å². The van der Waals surface area contributed by atoms with Crippen molar-refractivity contribution in [1.29, 1.82) is 0 Å². The lowest BCUT2D eigenvalue weighted by Gasteiger charge is -2.40. The molecule has 7 nitrogen and oxygen atoms in total. The number of benzene rings is 1. The van der Waals surface area contributed by atoms with Crippen LogP contribution in [0.1, 0.15) is 34.7 Å². The highest BCUT2D eigenvalue weighted by Gasteiger charge is 2.46. The normalized spacial score (nSPS) is 28.7. The van der Waals surface area contributed by atoms with Crippen molar-refractivity contribution >= 4 is 19.7 Å². The summed E-state index contributed by atoms with van der Waals surface area (Å²) >= 11 is 0. The molecule has 3 fully saturated rings. The molecule has 1 aliphatic carbocycles. The largest absolute Gasteiger partial charge is 0.562 e. The third-order valence-electron chi connectivity index (χ3n) is 5.81. The van der Waals surface area contributed by atoms with Crippen LogP contribution in [0.2, 0.25) is 5.82 Å². The lowest BCUT2D eigenvalue weighted by Crippen LogP contribution is -2.57. The van der Waals surface area contributed by atoms with Crippen LogP contribution in [0.3, 0.4) is 0 Å². The Kier molecular flexibility index (Phi) is 4.32. The van der Waals surface area contributed by atoms with Gasteiger partial charge in [0, 0.05) is 13.1 Å². The third-order valence-corrected chi connectivity index (χ3v) is 5.81. The molecular formula is C19H22BN2O5. The summed E-state index contributed by atoms with van der Waals surface area (Å²) in [5.41, 5.74) is 1.57. The van der Waals surface area contributed by atoms with Crippen LogP contribution in [-0.2, 0) is 9.53 Å². The summed E-state index contributed by atoms with van der Waals surface area (Å²) in [7, 11) is 1.83. The molecule has 2 saturated heterocycles. The molecule has 1 saturated carbocycles. The van der Waals surface area contributed by atoms with Gasteiger partial charge in [0.05, 0.1) is 37.8 Å². The van der Waals surface area contributed by atoms with Crippen LogP contribution in [0.4, 0.5) is 0 Å². The number of morpholine rings is 1. The van der Waals surface area contributed by atoms with Crippen molar-refractivity contribution in [2.45, 2.75) is 36.8 Å². The topological polar surface area (TPSA) is 77.1 Å². The van der Waals surface area contributed by atoms with Crippen LogP contribution in [-0.4, -0.2) is 69.6 Å². The predicted octanol–water partition coefficient (Wildman–Crippen LogP) is 0.755. The second-order valence-corrected chi connectivity index (χ2v) is 7.71. The van der Waals surface area contributed by atoms with Crippen LogP contribution in [0.25, 0.3) is 0 Å². The zero-order valence-corrected chi connectivity index (χ0v) is 15.1. The van der Waals surface area contributed by atoms with E-state index in [9.17, 15) is 9.59 Å². The SMILES string of the molecule is O=Cc1c(OC2CN(C(=O)CC3CNCCO3)C2)ccc2c1O[B]C1CC21. The molecule has 0 spiro atoms. The zero-order chi connectivity index (χ0) is 18.4. The number of carbonyl (C=O) groups excluding carboxylic acids is 2. The Bertz CT molecular complexity index is 761. The van der Waals surface area contributed by atoms with E-state index in [4.69, 9.17) is 14.1 Å². The number of fused-ring (bicyclic) bond motifs is 3. The second-order valence-electron chi connectivity index (χ2n) is 7.71. The summed E-state index contributed by atoms with van der Waals surface area (Å²) in [6, 6.07) is 3.86. The first-order chi connectivity index (χ1) is 13.2. The zero-order valence-electron chi connectivity index (χ0n) is 15.1. The predicted molar refractivity (Wildman–Crippen MR) is 97.5 cm³/mol. The number of hydrogen-bond acceptors (Lipinski definition) is 6. The summed E-state index contributed by atoms with van der Waals surface area (Å²) < 4.78 is 17.3. The van der Waals surface area contributed by atoms with E-state index in [0.717, 1.165) is 31.4 Å². The summed E-state index contributed by atoms with van der Waals surface area (Å²) in [6.07, 6.45) is 2.14. The summed E-state index contributed by atoms with van der Waals surface area (Å²) in [4.78, 5) is 25.8. The fourth-order valence-corrected chi connectivity index (χ4v) is 4.08. The molecule has 5 rings (SSSR count). The van der Waals surface area contributed by atoms with E-state index in [1.165, 1.54) is 0 Å². The third kappa shape index (κ3) is 3.21. The maximum atomic E-state index is 12.3. The average Bonchev–Trinajstić information content (AvgIpc) is 3.44. The first kappa shape index (κ1) is 17.1. The van der Waals surface area contributed by atoms with Gasteiger partial charge in [0.25, 0.3) is 0 Å². The maximum Gasteiger partial charge on any atom is 0.373 e. The first-order valence-corrected chi connectivity index (χ1v) is 9.61. The number of rotatable bonds is 5. The Morgan fingerprint density at radius 1 is 1.41 bits per heavy atom. The van der Waals surface area contributed by atoms with Crippen LogP contribution in [0.15, 0.2) is 12.1 Å². The number of aldehydes is 1. The minimum atomic E-state index is -0.0997. The van der Waals surface area contributed by atoms with Gasteiger partial charge in [-0.25, -0.2) is 0 Å². The van der Waals surface area contributed by atoms with E-state index >= 15 is 0 Å². The standard InChI is InChI=1S/C19H22BN2O5/c23-10-15-17(2-1-13-14-6-16(14)20-27-19(13)15)26-12-8-22(9-12)18(24)5-11-7-21-3-4-25-11/h1-2,10-12,14,16,21H,3-9H2. The molecule has 3 unspecified atom stereocenters. The molecule has 1 radical (unpaired) electrons. The number of hydrogen-bond donors (Lipinski definition) is 1. The van der Waals surface area contributed by atoms with Crippen LogP contribution in [0.5, 0.6) is 11.5 Å². The highest BCUT2D eigenvalue weighted by Crippen LogP contribution is 2.58. The molecule has 3 heterocycles. The number of nitrogens with one attached hydrogen (secondary N) is 1. The van der Waals surface area contributed by atoms with Gasteiger partial charge in [-0.15, -0.1) is 0 Å². The van der Waals surface area contributed by atoms with Gasteiger partial charge in [0.2, 0.25) is 5.91 Å². The average molecular weight is 369 g/mol. The first-order valence-electron chi connectivity index (χ1n) is 9.61. The second kappa shape index (κ2) is 6.84. The van der Waals surface area contributed by atoms with Crippen molar-refractivity contribution in [3.05, 3.63) is 23.3 Å². The summed E-state index contributed by atoms with van der Waals surface area (Å²) in [5.74, 6) is 2.22. The molecule has 3 atom stereocenters. The smallest absolute Gasteiger partial charge is 0.373 e.